The molecule has 0 aliphatic carbocycles. The molecule has 13 atom stereocenters. The zero-order valence-electron chi connectivity index (χ0n) is 62.6. The lowest BCUT2D eigenvalue weighted by molar-refractivity contribution is -0.142. The Morgan fingerprint density at radius 2 is 0.764 bits per heavy atom. The molecule has 0 aromatic heterocycles. The van der Waals surface area contributed by atoms with E-state index < -0.39 is 243 Å². The summed E-state index contributed by atoms with van der Waals surface area (Å²) in [4.78, 5) is 244. The van der Waals surface area contributed by atoms with Crippen LogP contribution < -0.4 is 104 Å². The number of benzene rings is 1. The molecule has 0 unspecified atom stereocenters. The lowest BCUT2D eigenvalue weighted by Gasteiger charge is -2.28. The van der Waals surface area contributed by atoms with Crippen molar-refractivity contribution in [2.75, 3.05) is 32.8 Å². The number of primary amides is 2. The van der Waals surface area contributed by atoms with Crippen LogP contribution in [0.5, 0.6) is 0 Å². The number of nitrogens with one attached hydrogen (secondary N) is 13. The summed E-state index contributed by atoms with van der Waals surface area (Å²) in [6, 6.07) is -12.2. The molecule has 616 valence electrons. The highest BCUT2D eigenvalue weighted by Gasteiger charge is 2.38. The summed E-state index contributed by atoms with van der Waals surface area (Å²) in [6.45, 7) is 8.48. The second kappa shape index (κ2) is 50.4. The predicted molar refractivity (Wildman–Crippen MR) is 390 cm³/mol. The standard InChI is InChI=1S/C67H110N20O23/c1-32(2)22-40(80-60(104)41(23-33(3)4)82-63(107)44(26-48(69)90)84-64(108)45(27-49(70)91)85-65(109)46(28-52(95)96)86-58(102)38(16-11-12-20-68)79-66(110)54(71)35(7)89)55(99)75-29-50(92)77-37(17-13-21-74-67(72)73)57(101)83-43(25-36-14-9-8-10-15-36)62(106)78-39(18-19-51(93)94)59(103)81-42(24-34(5)6)61(105)87-47(31-88)56(100)76-30-53(97)98/h8-10,14-15,32-35,37-47,54,88-89H,11-13,16-31,68,71H2,1-7H3,(H2,69,90)(H2,70,91)(H,75,99)(H,76,100)(H,77,92)(H,78,106)(H,79,110)(H,80,104)(H,81,103)(H,82,107)(H,83,101)(H,84,108)(H,85,109)(H,86,102)(H,87,105)(H,93,94)(H,95,96)(H,97,98)(H4,72,73,74)/t35-,37+,38+,39+,40+,41+,42+,43-,44+,45-,46+,47+,54-/m1/s1. The van der Waals surface area contributed by atoms with E-state index in [0.29, 0.717) is 12.0 Å². The molecule has 43 heteroatoms. The van der Waals surface area contributed by atoms with Gasteiger partial charge in [0.15, 0.2) is 5.96 Å². The third-order valence-electron chi connectivity index (χ3n) is 16.0. The Morgan fingerprint density at radius 1 is 0.400 bits per heavy atom. The summed E-state index contributed by atoms with van der Waals surface area (Å²) in [5.74, 6) is -22.9. The normalized spacial score (nSPS) is 14.6. The van der Waals surface area contributed by atoms with Crippen LogP contribution in [0.4, 0.5) is 0 Å². The molecular weight excluding hydrogens is 1450 g/mol. The molecule has 0 aliphatic heterocycles. The Labute approximate surface area is 634 Å². The highest BCUT2D eigenvalue weighted by molar-refractivity contribution is 6.02. The number of carboxylic acid groups (broad SMARTS) is 3. The predicted octanol–water partition coefficient (Wildman–Crippen LogP) is -9.01. The number of hydrogen-bond donors (Lipinski definition) is 24. The van der Waals surface area contributed by atoms with Crippen LogP contribution in [-0.2, 0) is 92.7 Å². The molecule has 0 aliphatic rings. The van der Waals surface area contributed by atoms with Gasteiger partial charge in [0.2, 0.25) is 88.6 Å². The van der Waals surface area contributed by atoms with Gasteiger partial charge in [0.1, 0.15) is 79.0 Å². The second-order valence-electron chi connectivity index (χ2n) is 27.2. The maximum Gasteiger partial charge on any atom is 0.322 e. The average Bonchev–Trinajstić information content (AvgIpc) is 0.853. The van der Waals surface area contributed by atoms with E-state index >= 15 is 0 Å². The summed E-state index contributed by atoms with van der Waals surface area (Å²) < 4.78 is 0. The van der Waals surface area contributed by atoms with Gasteiger partial charge in [0, 0.05) is 19.4 Å². The number of unbranched alkanes of at least 4 members (excludes halogenated alkanes) is 1. The van der Waals surface area contributed by atoms with Gasteiger partial charge in [-0.05, 0) is 94.6 Å². The Kier molecular flexibility index (Phi) is 44.4. The van der Waals surface area contributed by atoms with Gasteiger partial charge in [0.25, 0.3) is 0 Å². The van der Waals surface area contributed by atoms with Crippen LogP contribution in [0.2, 0.25) is 0 Å². The molecule has 0 bridgehead atoms. The van der Waals surface area contributed by atoms with Gasteiger partial charge in [-0.15, -0.1) is 0 Å². The number of aliphatic hydroxyl groups excluding tert-OH is 2. The van der Waals surface area contributed by atoms with Crippen molar-refractivity contribution < 1.29 is 112 Å². The first-order valence-corrected chi connectivity index (χ1v) is 35.4. The SMILES string of the molecule is CC(C)C[C@H](NC(=O)[C@H](CC(C)C)NC(=O)[C@H](CC(N)=O)NC(=O)[C@@H](CC(N)=O)NC(=O)[C@H](CC(=O)O)NC(=O)[C@H](CCCCN)NC(=O)[C@H](N)[C@@H](C)O)C(=O)NCC(=O)N[C@@H](CCCN=C(N)N)C(=O)N[C@H](Cc1ccccc1)C(=O)N[C@@H](CCC(=O)O)C(=O)N[C@@H](CC(C)C)C(=O)N[C@@H](CO)C(=O)NCC(=O)O. The van der Waals surface area contributed by atoms with Crippen molar-refractivity contribution in [3.8, 4) is 0 Å². The number of carboxylic acids is 3. The zero-order valence-corrected chi connectivity index (χ0v) is 62.6. The third kappa shape index (κ3) is 39.6. The van der Waals surface area contributed by atoms with Crippen molar-refractivity contribution in [1.82, 2.24) is 69.1 Å². The molecule has 15 amide bonds. The Hall–Kier alpha value is -11.2. The van der Waals surface area contributed by atoms with E-state index in [0.717, 1.165) is 0 Å². The smallest absolute Gasteiger partial charge is 0.322 e. The average molecular weight is 1560 g/mol. The number of aliphatic carboxylic acids is 3. The number of nitrogens with zero attached hydrogens (tertiary/aromatic N) is 1. The summed E-state index contributed by atoms with van der Waals surface area (Å²) in [7, 11) is 0. The molecule has 0 fully saturated rings. The maximum atomic E-state index is 14.5. The van der Waals surface area contributed by atoms with Crippen LogP contribution in [-0.4, -0.2) is 249 Å². The summed E-state index contributed by atoms with van der Waals surface area (Å²) in [5.41, 5.74) is 33.7. The van der Waals surface area contributed by atoms with Crippen molar-refractivity contribution >= 4 is 112 Å². The first-order valence-electron chi connectivity index (χ1n) is 35.4. The van der Waals surface area contributed by atoms with E-state index in [9.17, 15) is 107 Å². The second-order valence-corrected chi connectivity index (χ2v) is 27.2. The summed E-state index contributed by atoms with van der Waals surface area (Å²) in [5, 5.41) is 78.4. The number of carbonyl (C=O) groups excluding carboxylic acids is 15. The van der Waals surface area contributed by atoms with Crippen LogP contribution in [0.25, 0.3) is 0 Å². The van der Waals surface area contributed by atoms with E-state index in [1.165, 1.54) is 6.92 Å². The van der Waals surface area contributed by atoms with Gasteiger partial charge in [-0.25, -0.2) is 0 Å². The van der Waals surface area contributed by atoms with E-state index in [4.69, 9.17) is 39.5 Å². The third-order valence-corrected chi connectivity index (χ3v) is 16.0. The number of nitrogens with two attached hydrogens (primary N) is 6. The van der Waals surface area contributed by atoms with E-state index in [-0.39, 0.29) is 82.3 Å². The Morgan fingerprint density at radius 3 is 1.18 bits per heavy atom. The molecule has 0 radical (unpaired) electrons. The van der Waals surface area contributed by atoms with Gasteiger partial charge >= 0.3 is 17.9 Å². The molecule has 0 heterocycles. The highest BCUT2D eigenvalue weighted by Crippen LogP contribution is 2.14. The van der Waals surface area contributed by atoms with Gasteiger partial charge in [-0.2, -0.15) is 0 Å². The number of aliphatic hydroxyl groups is 2. The van der Waals surface area contributed by atoms with Crippen LogP contribution in [0.1, 0.15) is 138 Å². The number of hydrogen-bond acceptors (Lipinski definition) is 23. The topological polar surface area (TPSA) is 733 Å². The number of amides is 15. The molecule has 1 aromatic carbocycles. The molecular formula is C67H110N20O23. The maximum absolute atomic E-state index is 14.5. The monoisotopic (exact) mass is 1560 g/mol. The fraction of sp³-hybridized carbons (Fsp3) is 0.627. The van der Waals surface area contributed by atoms with Crippen LogP contribution >= 0.6 is 0 Å². The Bertz CT molecular complexity index is 3360. The number of aliphatic imine (C=N–C) groups is 1. The molecule has 0 saturated heterocycles. The largest absolute Gasteiger partial charge is 0.481 e. The van der Waals surface area contributed by atoms with Gasteiger partial charge < -0.3 is 129 Å². The lowest BCUT2D eigenvalue weighted by Crippen LogP contribution is -2.61. The molecule has 110 heavy (non-hydrogen) atoms. The molecule has 0 spiro atoms. The van der Waals surface area contributed by atoms with Crippen molar-refractivity contribution in [1.29, 1.82) is 0 Å². The van der Waals surface area contributed by atoms with Crippen molar-refractivity contribution in [3.05, 3.63) is 35.9 Å². The van der Waals surface area contributed by atoms with Crippen molar-refractivity contribution in [2.45, 2.75) is 217 Å². The molecule has 1 rings (SSSR count). The molecule has 43 nitrogen and oxygen atoms in total. The molecule has 1 aromatic rings. The highest BCUT2D eigenvalue weighted by atomic mass is 16.4. The minimum absolute atomic E-state index is 0.00135. The van der Waals surface area contributed by atoms with E-state index in [1.807, 2.05) is 5.32 Å². The van der Waals surface area contributed by atoms with Gasteiger partial charge in [-0.1, -0.05) is 71.9 Å². The lowest BCUT2D eigenvalue weighted by atomic mass is 9.99. The van der Waals surface area contributed by atoms with Crippen LogP contribution in [0.3, 0.4) is 0 Å². The molecule has 30 N–H and O–H groups in total. The quantitative estimate of drug-likeness (QED) is 0.0164. The zero-order chi connectivity index (χ0) is 83.7. The summed E-state index contributed by atoms with van der Waals surface area (Å²) in [6.07, 6.45) is -6.38. The first-order chi connectivity index (χ1) is 51.5. The minimum Gasteiger partial charge on any atom is -0.481 e. The van der Waals surface area contributed by atoms with E-state index in [1.54, 1.807) is 71.9 Å². The fourth-order valence-corrected chi connectivity index (χ4v) is 10.4. The first kappa shape index (κ1) is 96.8. The van der Waals surface area contributed by atoms with Crippen LogP contribution in [0, 0.1) is 17.8 Å². The molecule has 0 saturated carbocycles. The fourth-order valence-electron chi connectivity index (χ4n) is 10.4. The van der Waals surface area contributed by atoms with Crippen molar-refractivity contribution in [2.24, 2.45) is 57.1 Å². The summed E-state index contributed by atoms with van der Waals surface area (Å²) >= 11 is 0. The number of guanidine groups is 1. The number of rotatable bonds is 54. The van der Waals surface area contributed by atoms with Gasteiger partial charge in [-0.3, -0.25) is 91.3 Å². The Balaban J connectivity index is 3.65. The number of carbonyl (C=O) groups is 18. The van der Waals surface area contributed by atoms with Gasteiger partial charge in [0.05, 0.1) is 38.5 Å². The van der Waals surface area contributed by atoms with Crippen molar-refractivity contribution in [3.63, 3.8) is 0 Å². The van der Waals surface area contributed by atoms with E-state index in [2.05, 4.69) is 68.8 Å². The minimum atomic E-state index is -2.07. The van der Waals surface area contributed by atoms with Crippen LogP contribution in [0.15, 0.2) is 35.3 Å².